The average Bonchev–Trinajstić information content (AvgIpc) is 3.24. The molecule has 0 saturated carbocycles. The maximum Gasteiger partial charge on any atom is 0.259 e. The van der Waals surface area contributed by atoms with E-state index in [1.54, 1.807) is 43.7 Å². The molecule has 31 heavy (non-hydrogen) atoms. The second-order valence-corrected chi connectivity index (χ2v) is 7.22. The number of nitrogens with one attached hydrogen (secondary N) is 2. The zero-order chi connectivity index (χ0) is 22.0. The van der Waals surface area contributed by atoms with Gasteiger partial charge in [-0.25, -0.2) is 0 Å². The first kappa shape index (κ1) is 20.2. The highest BCUT2D eigenvalue weighted by atomic mass is 16.5. The molecule has 0 aliphatic heterocycles. The highest BCUT2D eigenvalue weighted by molar-refractivity contribution is 6.13. The molecule has 6 nitrogen and oxygen atoms in total. The summed E-state index contributed by atoms with van der Waals surface area (Å²) >= 11 is 0. The Kier molecular flexibility index (Phi) is 5.45. The Labute approximate surface area is 179 Å². The molecule has 4 aromatic rings. The first-order valence-corrected chi connectivity index (χ1v) is 9.80. The second kappa shape index (κ2) is 8.36. The van der Waals surface area contributed by atoms with Gasteiger partial charge in [0.1, 0.15) is 11.3 Å². The summed E-state index contributed by atoms with van der Waals surface area (Å²) in [5.74, 6) is 0.375. The molecule has 1 heterocycles. The fourth-order valence-corrected chi connectivity index (χ4v) is 3.58. The lowest BCUT2D eigenvalue weighted by molar-refractivity contribution is -0.114. The van der Waals surface area contributed by atoms with E-state index in [9.17, 15) is 9.59 Å². The Hall–Kier alpha value is -4.06. The van der Waals surface area contributed by atoms with Crippen molar-refractivity contribution in [3.8, 4) is 16.9 Å². The molecule has 0 saturated heterocycles. The van der Waals surface area contributed by atoms with Gasteiger partial charge < -0.3 is 19.8 Å². The Morgan fingerprint density at radius 2 is 1.55 bits per heavy atom. The van der Waals surface area contributed by atoms with E-state index in [0.29, 0.717) is 22.5 Å². The average molecular weight is 414 g/mol. The van der Waals surface area contributed by atoms with Gasteiger partial charge in [-0.1, -0.05) is 12.1 Å². The van der Waals surface area contributed by atoms with Crippen molar-refractivity contribution in [2.75, 3.05) is 17.7 Å². The number of rotatable bonds is 5. The number of methoxy groups -OCH3 is 1. The Morgan fingerprint density at radius 1 is 0.871 bits per heavy atom. The number of hydrogen-bond donors (Lipinski definition) is 2. The summed E-state index contributed by atoms with van der Waals surface area (Å²) in [7, 11) is 1.64. The quantitative estimate of drug-likeness (QED) is 0.444. The molecule has 0 unspecified atom stereocenters. The van der Waals surface area contributed by atoms with Crippen molar-refractivity contribution in [2.45, 2.75) is 13.8 Å². The summed E-state index contributed by atoms with van der Waals surface area (Å²) in [5, 5.41) is 6.44. The van der Waals surface area contributed by atoms with Gasteiger partial charge in [0, 0.05) is 23.7 Å². The van der Waals surface area contributed by atoms with E-state index in [-0.39, 0.29) is 11.8 Å². The van der Waals surface area contributed by atoms with Crippen LogP contribution in [-0.2, 0) is 4.79 Å². The SMILES string of the molecule is COc1ccc(-c2ccc(C(=O)Nc3ccc(NC(C)=O)cc3)c3occc23)c(C)c1. The van der Waals surface area contributed by atoms with E-state index in [2.05, 4.69) is 10.6 Å². The zero-order valence-corrected chi connectivity index (χ0v) is 17.5. The monoisotopic (exact) mass is 414 g/mol. The molecule has 0 bridgehead atoms. The van der Waals surface area contributed by atoms with Crippen molar-refractivity contribution in [1.29, 1.82) is 0 Å². The maximum atomic E-state index is 12.9. The molecule has 6 heteroatoms. The maximum absolute atomic E-state index is 12.9. The van der Waals surface area contributed by atoms with Gasteiger partial charge in [-0.15, -0.1) is 0 Å². The van der Waals surface area contributed by atoms with Gasteiger partial charge in [-0.2, -0.15) is 0 Å². The lowest BCUT2D eigenvalue weighted by Crippen LogP contribution is -2.12. The molecule has 4 rings (SSSR count). The van der Waals surface area contributed by atoms with Crippen LogP contribution in [0.4, 0.5) is 11.4 Å². The van der Waals surface area contributed by atoms with E-state index in [4.69, 9.17) is 9.15 Å². The van der Waals surface area contributed by atoms with Crippen molar-refractivity contribution in [2.24, 2.45) is 0 Å². The van der Waals surface area contributed by atoms with Crippen LogP contribution in [0.1, 0.15) is 22.8 Å². The standard InChI is InChI=1S/C25H22N2O4/c1-15-14-19(30-3)8-9-20(15)21-10-11-23(24-22(21)12-13-31-24)25(29)27-18-6-4-17(5-7-18)26-16(2)28/h4-14H,1-3H3,(H,26,28)(H,27,29). The van der Waals surface area contributed by atoms with Gasteiger partial charge in [0.25, 0.3) is 5.91 Å². The third kappa shape index (κ3) is 4.14. The number of ether oxygens (including phenoxy) is 1. The number of aryl methyl sites for hydroxylation is 1. The van der Waals surface area contributed by atoms with Crippen LogP contribution in [0, 0.1) is 6.92 Å². The number of amides is 2. The number of fused-ring (bicyclic) bond motifs is 1. The Bertz CT molecular complexity index is 1270. The number of carbonyl (C=O) groups is 2. The predicted octanol–water partition coefficient (Wildman–Crippen LogP) is 5.63. The van der Waals surface area contributed by atoms with Crippen molar-refractivity contribution in [3.05, 3.63) is 78.1 Å². The van der Waals surface area contributed by atoms with Crippen molar-refractivity contribution >= 4 is 34.2 Å². The third-order valence-corrected chi connectivity index (χ3v) is 5.05. The van der Waals surface area contributed by atoms with Gasteiger partial charge >= 0.3 is 0 Å². The highest BCUT2D eigenvalue weighted by Crippen LogP contribution is 2.35. The van der Waals surface area contributed by atoms with E-state index < -0.39 is 0 Å². The normalized spacial score (nSPS) is 10.7. The lowest BCUT2D eigenvalue weighted by Gasteiger charge is -2.12. The predicted molar refractivity (Wildman–Crippen MR) is 122 cm³/mol. The fraction of sp³-hybridized carbons (Fsp3) is 0.120. The molecule has 1 aromatic heterocycles. The second-order valence-electron chi connectivity index (χ2n) is 7.22. The summed E-state index contributed by atoms with van der Waals surface area (Å²) in [4.78, 5) is 24.1. The topological polar surface area (TPSA) is 80.6 Å². The molecule has 0 spiro atoms. The van der Waals surface area contributed by atoms with Crippen molar-refractivity contribution < 1.29 is 18.7 Å². The molecule has 0 aliphatic carbocycles. The smallest absolute Gasteiger partial charge is 0.259 e. The molecule has 0 atom stereocenters. The van der Waals surface area contributed by atoms with Crippen LogP contribution >= 0.6 is 0 Å². The first-order valence-electron chi connectivity index (χ1n) is 9.80. The van der Waals surface area contributed by atoms with Gasteiger partial charge in [0.15, 0.2) is 0 Å². The van der Waals surface area contributed by atoms with Gasteiger partial charge in [-0.3, -0.25) is 9.59 Å². The number of carbonyl (C=O) groups excluding carboxylic acids is 2. The summed E-state index contributed by atoms with van der Waals surface area (Å²) in [6.45, 7) is 3.47. The molecule has 0 radical (unpaired) electrons. The molecule has 0 fully saturated rings. The molecule has 3 aromatic carbocycles. The van der Waals surface area contributed by atoms with Crippen LogP contribution in [0.25, 0.3) is 22.1 Å². The van der Waals surface area contributed by atoms with E-state index in [1.165, 1.54) is 6.92 Å². The van der Waals surface area contributed by atoms with Crippen LogP contribution in [0.2, 0.25) is 0 Å². The fourth-order valence-electron chi connectivity index (χ4n) is 3.58. The van der Waals surface area contributed by atoms with Crippen LogP contribution in [0.15, 0.2) is 71.3 Å². The summed E-state index contributed by atoms with van der Waals surface area (Å²) in [6.07, 6.45) is 1.59. The number of benzene rings is 3. The molecule has 2 N–H and O–H groups in total. The molecule has 2 amide bonds. The van der Waals surface area contributed by atoms with Crippen LogP contribution < -0.4 is 15.4 Å². The van der Waals surface area contributed by atoms with E-state index in [0.717, 1.165) is 27.8 Å². The van der Waals surface area contributed by atoms with Crippen molar-refractivity contribution in [3.63, 3.8) is 0 Å². The number of anilines is 2. The Morgan fingerprint density at radius 3 is 2.19 bits per heavy atom. The summed E-state index contributed by atoms with van der Waals surface area (Å²) in [5.41, 5.74) is 5.36. The zero-order valence-electron chi connectivity index (χ0n) is 17.5. The van der Waals surface area contributed by atoms with Gasteiger partial charge in [-0.05, 0) is 72.1 Å². The molecule has 156 valence electrons. The summed E-state index contributed by atoms with van der Waals surface area (Å²) in [6, 6.07) is 18.4. The summed E-state index contributed by atoms with van der Waals surface area (Å²) < 4.78 is 11.0. The van der Waals surface area contributed by atoms with E-state index >= 15 is 0 Å². The first-order chi connectivity index (χ1) is 15.0. The molecule has 0 aliphatic rings. The minimum atomic E-state index is -0.273. The third-order valence-electron chi connectivity index (χ3n) is 5.05. The number of hydrogen-bond acceptors (Lipinski definition) is 4. The van der Waals surface area contributed by atoms with Gasteiger partial charge in [0.2, 0.25) is 5.91 Å². The van der Waals surface area contributed by atoms with Crippen LogP contribution in [0.5, 0.6) is 5.75 Å². The van der Waals surface area contributed by atoms with Gasteiger partial charge in [0.05, 0.1) is 18.9 Å². The molecular weight excluding hydrogens is 392 g/mol. The van der Waals surface area contributed by atoms with Crippen LogP contribution in [-0.4, -0.2) is 18.9 Å². The largest absolute Gasteiger partial charge is 0.497 e. The van der Waals surface area contributed by atoms with Crippen LogP contribution in [0.3, 0.4) is 0 Å². The Balaban J connectivity index is 1.64. The van der Waals surface area contributed by atoms with E-state index in [1.807, 2.05) is 37.3 Å². The minimum absolute atomic E-state index is 0.149. The van der Waals surface area contributed by atoms with Crippen molar-refractivity contribution in [1.82, 2.24) is 0 Å². The number of furan rings is 1. The lowest BCUT2D eigenvalue weighted by atomic mass is 9.95. The molecular formula is C25H22N2O4. The highest BCUT2D eigenvalue weighted by Gasteiger charge is 2.17. The minimum Gasteiger partial charge on any atom is -0.497 e.